The number of hydrogen-bond donors (Lipinski definition) is 0. The van der Waals surface area contributed by atoms with Crippen LogP contribution in [0.4, 0.5) is 0 Å². The molecule has 3 heteroatoms. The molecule has 182 valence electrons. The molecule has 1 aromatic rings. The lowest BCUT2D eigenvalue weighted by Gasteiger charge is -2.37. The minimum Gasteiger partial charge on any atom is -0.461 e. The Morgan fingerprint density at radius 1 is 0.812 bits per heavy atom. The number of cyclic esters (lactones) is 1. The van der Waals surface area contributed by atoms with Crippen LogP contribution in [0.5, 0.6) is 0 Å². The molecule has 0 spiro atoms. The second kappa shape index (κ2) is 17.2. The van der Waals surface area contributed by atoms with Crippen molar-refractivity contribution in [2.24, 2.45) is 5.92 Å². The topological polar surface area (TPSA) is 35.5 Å². The maximum absolute atomic E-state index is 12.0. The Hall–Kier alpha value is -1.35. The smallest absolute Gasteiger partial charge is 0.313 e. The number of rotatable bonds is 20. The lowest BCUT2D eigenvalue weighted by molar-refractivity contribution is -0.190. The van der Waals surface area contributed by atoms with E-state index in [1.54, 1.807) is 0 Å². The molecule has 0 unspecified atom stereocenters. The average molecular weight is 445 g/mol. The van der Waals surface area contributed by atoms with Crippen LogP contribution in [0, 0.1) is 5.92 Å². The summed E-state index contributed by atoms with van der Waals surface area (Å²) >= 11 is 0. The van der Waals surface area contributed by atoms with Gasteiger partial charge in [-0.2, -0.15) is 0 Å². The maximum Gasteiger partial charge on any atom is 0.313 e. The van der Waals surface area contributed by atoms with Crippen LogP contribution in [0.15, 0.2) is 30.3 Å². The molecular formula is C29H48O3. The first-order valence-electron chi connectivity index (χ1n) is 13.6. The Labute approximate surface area is 197 Å². The van der Waals surface area contributed by atoms with Crippen molar-refractivity contribution in [3.8, 4) is 0 Å². The number of carbonyl (C=O) groups excluding carboxylic acids is 1. The Balaban J connectivity index is 1.72. The number of unbranched alkanes of at least 4 members (excludes halogenated alkanes) is 11. The number of ether oxygens (including phenoxy) is 2. The van der Waals surface area contributed by atoms with E-state index >= 15 is 0 Å². The lowest BCUT2D eigenvalue weighted by Crippen LogP contribution is -2.47. The van der Waals surface area contributed by atoms with Crippen LogP contribution in [0.1, 0.15) is 122 Å². The summed E-state index contributed by atoms with van der Waals surface area (Å²) in [5.74, 6) is 0.106. The third kappa shape index (κ3) is 11.0. The van der Waals surface area contributed by atoms with Crippen molar-refractivity contribution in [3.05, 3.63) is 35.9 Å². The highest BCUT2D eigenvalue weighted by Crippen LogP contribution is 2.32. The van der Waals surface area contributed by atoms with Gasteiger partial charge in [-0.1, -0.05) is 128 Å². The van der Waals surface area contributed by atoms with E-state index in [2.05, 4.69) is 38.1 Å². The SMILES string of the molecule is CCCCCCCCCCC[C@H](C[C@@H]1OC(=O)[C@@H]1CCCCCC)OCc1ccccc1. The third-order valence-electron chi connectivity index (χ3n) is 6.84. The van der Waals surface area contributed by atoms with E-state index in [-0.39, 0.29) is 24.1 Å². The van der Waals surface area contributed by atoms with Gasteiger partial charge in [0.05, 0.1) is 18.6 Å². The van der Waals surface area contributed by atoms with Gasteiger partial charge in [0, 0.05) is 6.42 Å². The monoisotopic (exact) mass is 444 g/mol. The molecule has 1 heterocycles. The van der Waals surface area contributed by atoms with Crippen LogP contribution in [0.25, 0.3) is 0 Å². The Morgan fingerprint density at radius 2 is 1.41 bits per heavy atom. The van der Waals surface area contributed by atoms with E-state index in [0.29, 0.717) is 6.61 Å². The molecule has 0 radical (unpaired) electrons. The molecule has 1 aromatic carbocycles. The molecule has 0 aromatic heterocycles. The fourth-order valence-electron chi connectivity index (χ4n) is 4.70. The van der Waals surface area contributed by atoms with Crippen molar-refractivity contribution in [1.82, 2.24) is 0 Å². The first kappa shape index (κ1) is 26.9. The standard InChI is InChI=1S/C29H48O3/c1-3-5-7-9-10-11-12-13-17-21-26(31-24-25-19-15-14-16-20-25)23-28-27(29(30)32-28)22-18-8-6-4-2/h14-16,19-20,26-28H,3-13,17-18,21-24H2,1-2H3/t26-,27-,28+/m1/s1. The first-order valence-corrected chi connectivity index (χ1v) is 13.6. The number of hydrogen-bond acceptors (Lipinski definition) is 3. The van der Waals surface area contributed by atoms with Crippen LogP contribution < -0.4 is 0 Å². The van der Waals surface area contributed by atoms with Gasteiger partial charge in [-0.3, -0.25) is 4.79 Å². The highest BCUT2D eigenvalue weighted by molar-refractivity contribution is 5.78. The lowest BCUT2D eigenvalue weighted by atomic mass is 9.86. The van der Waals surface area contributed by atoms with Gasteiger partial charge in [0.15, 0.2) is 0 Å². The molecule has 32 heavy (non-hydrogen) atoms. The fourth-order valence-corrected chi connectivity index (χ4v) is 4.70. The molecule has 3 atom stereocenters. The third-order valence-corrected chi connectivity index (χ3v) is 6.84. The highest BCUT2D eigenvalue weighted by atomic mass is 16.6. The van der Waals surface area contributed by atoms with E-state index in [1.165, 1.54) is 82.6 Å². The second-order valence-electron chi connectivity index (χ2n) is 9.70. The quantitative estimate of drug-likeness (QED) is 0.150. The summed E-state index contributed by atoms with van der Waals surface area (Å²) < 4.78 is 11.9. The van der Waals surface area contributed by atoms with Gasteiger partial charge in [-0.05, 0) is 18.4 Å². The normalized spacial score (nSPS) is 18.9. The average Bonchev–Trinajstić information content (AvgIpc) is 2.81. The van der Waals surface area contributed by atoms with Crippen molar-refractivity contribution < 1.29 is 14.3 Å². The second-order valence-corrected chi connectivity index (χ2v) is 9.70. The minimum atomic E-state index is 0.0105. The minimum absolute atomic E-state index is 0.0105. The van der Waals surface area contributed by atoms with Crippen molar-refractivity contribution in [2.45, 2.75) is 135 Å². The van der Waals surface area contributed by atoms with E-state index < -0.39 is 0 Å². The van der Waals surface area contributed by atoms with Gasteiger partial charge in [0.1, 0.15) is 6.10 Å². The predicted molar refractivity (Wildman–Crippen MR) is 134 cm³/mol. The molecule has 0 saturated carbocycles. The summed E-state index contributed by atoms with van der Waals surface area (Å²) in [7, 11) is 0. The van der Waals surface area contributed by atoms with Crippen LogP contribution in [0.3, 0.4) is 0 Å². The molecule has 0 N–H and O–H groups in total. The Morgan fingerprint density at radius 3 is 2.03 bits per heavy atom. The van der Waals surface area contributed by atoms with Gasteiger partial charge in [-0.15, -0.1) is 0 Å². The summed E-state index contributed by atoms with van der Waals surface area (Å²) in [5, 5.41) is 0. The Bertz CT molecular complexity index is 585. The van der Waals surface area contributed by atoms with Gasteiger partial charge < -0.3 is 9.47 Å². The summed E-state index contributed by atoms with van der Waals surface area (Å²) in [4.78, 5) is 12.0. The van der Waals surface area contributed by atoms with Crippen molar-refractivity contribution in [2.75, 3.05) is 0 Å². The molecule has 0 amide bonds. The van der Waals surface area contributed by atoms with Gasteiger partial charge in [0.25, 0.3) is 0 Å². The first-order chi connectivity index (χ1) is 15.7. The van der Waals surface area contributed by atoms with Crippen molar-refractivity contribution in [1.29, 1.82) is 0 Å². The number of carbonyl (C=O) groups is 1. The molecule has 0 bridgehead atoms. The molecular weight excluding hydrogens is 396 g/mol. The largest absolute Gasteiger partial charge is 0.461 e. The van der Waals surface area contributed by atoms with Crippen molar-refractivity contribution >= 4 is 5.97 Å². The van der Waals surface area contributed by atoms with E-state index in [1.807, 2.05) is 6.07 Å². The van der Waals surface area contributed by atoms with E-state index in [9.17, 15) is 4.79 Å². The van der Waals surface area contributed by atoms with Crippen LogP contribution in [0.2, 0.25) is 0 Å². The molecule has 0 aliphatic carbocycles. The number of benzene rings is 1. The van der Waals surface area contributed by atoms with Crippen LogP contribution in [-0.2, 0) is 20.9 Å². The zero-order valence-corrected chi connectivity index (χ0v) is 20.9. The molecule has 1 fully saturated rings. The van der Waals surface area contributed by atoms with E-state index in [4.69, 9.17) is 9.47 Å². The number of esters is 1. The Kier molecular flexibility index (Phi) is 14.4. The maximum atomic E-state index is 12.0. The molecule has 1 aliphatic rings. The van der Waals surface area contributed by atoms with Gasteiger partial charge in [0.2, 0.25) is 0 Å². The van der Waals surface area contributed by atoms with Crippen LogP contribution >= 0.6 is 0 Å². The predicted octanol–water partition coefficient (Wildman–Crippen LogP) is 8.39. The van der Waals surface area contributed by atoms with Gasteiger partial charge >= 0.3 is 5.97 Å². The fraction of sp³-hybridized carbons (Fsp3) is 0.759. The molecule has 1 aliphatic heterocycles. The van der Waals surface area contributed by atoms with Crippen LogP contribution in [-0.4, -0.2) is 18.2 Å². The molecule has 1 saturated heterocycles. The van der Waals surface area contributed by atoms with E-state index in [0.717, 1.165) is 25.7 Å². The summed E-state index contributed by atoms with van der Waals surface area (Å²) in [5.41, 5.74) is 1.21. The molecule has 2 rings (SSSR count). The van der Waals surface area contributed by atoms with Crippen molar-refractivity contribution in [3.63, 3.8) is 0 Å². The zero-order valence-electron chi connectivity index (χ0n) is 20.9. The summed E-state index contributed by atoms with van der Waals surface area (Å²) in [6.07, 6.45) is 20.0. The summed E-state index contributed by atoms with van der Waals surface area (Å²) in [6, 6.07) is 10.4. The van der Waals surface area contributed by atoms with Gasteiger partial charge in [-0.25, -0.2) is 0 Å². The molecule has 3 nitrogen and oxygen atoms in total. The zero-order chi connectivity index (χ0) is 22.9. The highest BCUT2D eigenvalue weighted by Gasteiger charge is 2.42. The summed E-state index contributed by atoms with van der Waals surface area (Å²) in [6.45, 7) is 5.14.